The molecule has 1 aliphatic heterocycles. The molecular weight excluding hydrogens is 383 g/mol. The molecule has 2 heterocycles. The van der Waals surface area contributed by atoms with Crippen LogP contribution >= 0.6 is 11.6 Å². The first-order valence-corrected chi connectivity index (χ1v) is 9.31. The molecule has 1 aromatic heterocycles. The number of methoxy groups -OCH3 is 1. The SMILES string of the molecule is COc1cc2ncnc(Nc3ccc(F)c(Cl)c3)c2cc1OC[C@H]1CCN1C. The number of likely N-dealkylation sites (N-methyl/N-ethyl adjacent to an activating group) is 1. The summed E-state index contributed by atoms with van der Waals surface area (Å²) in [6, 6.07) is 8.51. The Balaban J connectivity index is 1.66. The Morgan fingerprint density at radius 1 is 1.25 bits per heavy atom. The predicted octanol–water partition coefficient (Wildman–Crippen LogP) is 4.26. The number of nitrogens with zero attached hydrogens (tertiary/aromatic N) is 3. The highest BCUT2D eigenvalue weighted by atomic mass is 35.5. The number of ether oxygens (including phenoxy) is 2. The summed E-state index contributed by atoms with van der Waals surface area (Å²) >= 11 is 5.88. The molecular formula is C20H20ClFN4O2. The van der Waals surface area contributed by atoms with Gasteiger partial charge in [0.1, 0.15) is 24.6 Å². The number of hydrogen-bond donors (Lipinski definition) is 1. The molecule has 1 aliphatic rings. The third kappa shape index (κ3) is 3.68. The summed E-state index contributed by atoms with van der Waals surface area (Å²) in [7, 11) is 3.68. The highest BCUT2D eigenvalue weighted by Crippen LogP contribution is 2.35. The van der Waals surface area contributed by atoms with Gasteiger partial charge in [0.05, 0.1) is 17.6 Å². The summed E-state index contributed by atoms with van der Waals surface area (Å²) in [6.45, 7) is 1.67. The van der Waals surface area contributed by atoms with Gasteiger partial charge in [0.15, 0.2) is 11.5 Å². The van der Waals surface area contributed by atoms with Gasteiger partial charge in [-0.05, 0) is 44.3 Å². The number of fused-ring (bicyclic) bond motifs is 1. The van der Waals surface area contributed by atoms with Crippen LogP contribution in [0.5, 0.6) is 11.5 Å². The second-order valence-corrected chi connectivity index (χ2v) is 7.14. The Morgan fingerprint density at radius 3 is 2.79 bits per heavy atom. The van der Waals surface area contributed by atoms with Gasteiger partial charge in [-0.2, -0.15) is 0 Å². The predicted molar refractivity (Wildman–Crippen MR) is 107 cm³/mol. The van der Waals surface area contributed by atoms with Gasteiger partial charge in [0, 0.05) is 23.2 Å². The standard InChI is InChI=1S/C20H20ClFN4O2/c1-26-6-5-13(26)10-28-19-8-14-17(9-18(19)27-2)23-11-24-20(14)25-12-3-4-16(22)15(21)7-12/h3-4,7-9,11,13H,5-6,10H2,1-2H3,(H,23,24,25)/t13-/m1/s1. The van der Waals surface area contributed by atoms with Gasteiger partial charge in [-0.15, -0.1) is 0 Å². The fourth-order valence-corrected chi connectivity index (χ4v) is 3.29. The zero-order chi connectivity index (χ0) is 19.7. The highest BCUT2D eigenvalue weighted by molar-refractivity contribution is 6.31. The van der Waals surface area contributed by atoms with Crippen LogP contribution in [0.25, 0.3) is 10.9 Å². The highest BCUT2D eigenvalue weighted by Gasteiger charge is 2.25. The van der Waals surface area contributed by atoms with E-state index in [1.165, 1.54) is 18.5 Å². The maximum atomic E-state index is 13.4. The van der Waals surface area contributed by atoms with Crippen LogP contribution in [-0.2, 0) is 0 Å². The van der Waals surface area contributed by atoms with Gasteiger partial charge in [0.25, 0.3) is 0 Å². The first kappa shape index (κ1) is 18.7. The zero-order valence-electron chi connectivity index (χ0n) is 15.6. The summed E-state index contributed by atoms with van der Waals surface area (Å²) < 4.78 is 24.9. The largest absolute Gasteiger partial charge is 0.493 e. The van der Waals surface area contributed by atoms with Crippen LogP contribution in [0.3, 0.4) is 0 Å². The van der Waals surface area contributed by atoms with Crippen molar-refractivity contribution in [3.63, 3.8) is 0 Å². The molecule has 1 saturated heterocycles. The Morgan fingerprint density at radius 2 is 2.11 bits per heavy atom. The molecule has 3 aromatic rings. The molecule has 0 radical (unpaired) electrons. The molecule has 0 unspecified atom stereocenters. The smallest absolute Gasteiger partial charge is 0.162 e. The number of likely N-dealkylation sites (tertiary alicyclic amines) is 1. The van der Waals surface area contributed by atoms with Crippen molar-refractivity contribution >= 4 is 34.0 Å². The number of anilines is 2. The van der Waals surface area contributed by atoms with Crippen molar-refractivity contribution in [2.75, 3.05) is 32.6 Å². The third-order valence-electron chi connectivity index (χ3n) is 4.97. The molecule has 0 amide bonds. The molecule has 1 fully saturated rings. The van der Waals surface area contributed by atoms with Crippen LogP contribution in [0.1, 0.15) is 6.42 Å². The van der Waals surface area contributed by atoms with Crippen LogP contribution in [-0.4, -0.2) is 48.2 Å². The van der Waals surface area contributed by atoms with Gasteiger partial charge < -0.3 is 14.8 Å². The Labute approximate surface area is 167 Å². The molecule has 0 spiro atoms. The van der Waals surface area contributed by atoms with E-state index in [4.69, 9.17) is 21.1 Å². The van der Waals surface area contributed by atoms with E-state index in [1.807, 2.05) is 12.1 Å². The van der Waals surface area contributed by atoms with E-state index < -0.39 is 5.82 Å². The van der Waals surface area contributed by atoms with E-state index in [1.54, 1.807) is 13.2 Å². The first-order chi connectivity index (χ1) is 13.5. The summed E-state index contributed by atoms with van der Waals surface area (Å²) in [5.41, 5.74) is 1.33. The molecule has 6 nitrogen and oxygen atoms in total. The second-order valence-electron chi connectivity index (χ2n) is 6.73. The summed E-state index contributed by atoms with van der Waals surface area (Å²) in [6.07, 6.45) is 2.58. The molecule has 1 N–H and O–H groups in total. The molecule has 4 rings (SSSR count). The van der Waals surface area contributed by atoms with Crippen LogP contribution in [0.4, 0.5) is 15.9 Å². The minimum Gasteiger partial charge on any atom is -0.493 e. The minimum atomic E-state index is -0.471. The number of halogens is 2. The van der Waals surface area contributed by atoms with Gasteiger partial charge in [-0.3, -0.25) is 4.90 Å². The lowest BCUT2D eigenvalue weighted by Crippen LogP contribution is -2.48. The topological polar surface area (TPSA) is 59.5 Å². The van der Waals surface area contributed by atoms with E-state index in [-0.39, 0.29) is 5.02 Å². The van der Waals surface area contributed by atoms with Crippen molar-refractivity contribution < 1.29 is 13.9 Å². The maximum Gasteiger partial charge on any atom is 0.162 e. The van der Waals surface area contributed by atoms with Crippen molar-refractivity contribution in [2.45, 2.75) is 12.5 Å². The molecule has 0 bridgehead atoms. The molecule has 146 valence electrons. The minimum absolute atomic E-state index is 0.0404. The van der Waals surface area contributed by atoms with Crippen LogP contribution < -0.4 is 14.8 Å². The van der Waals surface area contributed by atoms with Crippen LogP contribution in [0.2, 0.25) is 5.02 Å². The number of benzene rings is 2. The Bertz CT molecular complexity index is 1020. The quantitative estimate of drug-likeness (QED) is 0.665. The maximum absolute atomic E-state index is 13.4. The number of hydrogen-bond acceptors (Lipinski definition) is 6. The Kier molecular flexibility index (Phi) is 5.19. The average molecular weight is 403 g/mol. The normalized spacial score (nSPS) is 16.6. The second kappa shape index (κ2) is 7.77. The molecule has 0 saturated carbocycles. The van der Waals surface area contributed by atoms with Gasteiger partial charge in [-0.25, -0.2) is 14.4 Å². The van der Waals surface area contributed by atoms with E-state index in [2.05, 4.69) is 27.2 Å². The molecule has 28 heavy (non-hydrogen) atoms. The van der Waals surface area contributed by atoms with Crippen molar-refractivity contribution in [3.05, 3.63) is 47.5 Å². The monoisotopic (exact) mass is 402 g/mol. The summed E-state index contributed by atoms with van der Waals surface area (Å²) in [5.74, 6) is 1.34. The molecule has 1 atom stereocenters. The fraction of sp³-hybridized carbons (Fsp3) is 0.300. The first-order valence-electron chi connectivity index (χ1n) is 8.93. The van der Waals surface area contributed by atoms with E-state index >= 15 is 0 Å². The van der Waals surface area contributed by atoms with Crippen LogP contribution in [0.15, 0.2) is 36.7 Å². The molecule has 0 aliphatic carbocycles. The lowest BCUT2D eigenvalue weighted by molar-refractivity contribution is 0.0758. The van der Waals surface area contributed by atoms with Gasteiger partial charge in [0.2, 0.25) is 0 Å². The summed E-state index contributed by atoms with van der Waals surface area (Å²) in [4.78, 5) is 10.9. The third-order valence-corrected chi connectivity index (χ3v) is 5.26. The Hall–Kier alpha value is -2.64. The average Bonchev–Trinajstić information content (AvgIpc) is 2.69. The van der Waals surface area contributed by atoms with Crippen molar-refractivity contribution in [1.29, 1.82) is 0 Å². The number of rotatable bonds is 6. The lowest BCUT2D eigenvalue weighted by atomic mass is 10.1. The van der Waals surface area contributed by atoms with E-state index in [0.29, 0.717) is 41.2 Å². The lowest BCUT2D eigenvalue weighted by Gasteiger charge is -2.37. The van der Waals surface area contributed by atoms with Gasteiger partial charge >= 0.3 is 0 Å². The number of nitrogens with one attached hydrogen (secondary N) is 1. The van der Waals surface area contributed by atoms with Crippen LogP contribution in [0, 0.1) is 5.82 Å². The van der Waals surface area contributed by atoms with E-state index in [0.717, 1.165) is 18.4 Å². The molecule has 8 heteroatoms. The number of aromatic nitrogens is 2. The summed E-state index contributed by atoms with van der Waals surface area (Å²) in [5, 5.41) is 3.97. The zero-order valence-corrected chi connectivity index (χ0v) is 16.3. The fourth-order valence-electron chi connectivity index (χ4n) is 3.11. The van der Waals surface area contributed by atoms with Gasteiger partial charge in [-0.1, -0.05) is 11.6 Å². The van der Waals surface area contributed by atoms with Crippen molar-refractivity contribution in [2.24, 2.45) is 0 Å². The molecule has 2 aromatic carbocycles. The van der Waals surface area contributed by atoms with Crippen molar-refractivity contribution in [1.82, 2.24) is 14.9 Å². The van der Waals surface area contributed by atoms with Crippen molar-refractivity contribution in [3.8, 4) is 11.5 Å². The van der Waals surface area contributed by atoms with E-state index in [9.17, 15) is 4.39 Å².